The minimum Gasteiger partial charge on any atom is -0.374 e. The zero-order valence-electron chi connectivity index (χ0n) is 13.4. The zero-order valence-corrected chi connectivity index (χ0v) is 14.9. The maximum absolute atomic E-state index is 6.36. The molecule has 1 fully saturated rings. The summed E-state index contributed by atoms with van der Waals surface area (Å²) < 4.78 is 8.01. The van der Waals surface area contributed by atoms with Gasteiger partial charge in [-0.2, -0.15) is 11.8 Å². The average Bonchev–Trinajstić information content (AvgIpc) is 2.91. The summed E-state index contributed by atoms with van der Waals surface area (Å²) in [5.74, 6) is 3.39. The van der Waals surface area contributed by atoms with Crippen LogP contribution in [0.4, 0.5) is 0 Å². The van der Waals surface area contributed by atoms with Gasteiger partial charge < -0.3 is 9.30 Å². The van der Waals surface area contributed by atoms with Gasteiger partial charge in [0.2, 0.25) is 0 Å². The topological polar surface area (TPSA) is 39.9 Å². The van der Waals surface area contributed by atoms with Crippen LogP contribution in [0.25, 0.3) is 11.0 Å². The van der Waals surface area contributed by atoms with Crippen molar-refractivity contribution in [1.82, 2.24) is 14.5 Å². The first-order valence-corrected chi connectivity index (χ1v) is 9.35. The molecular formula is C16H22ClN3OS. The molecule has 6 heteroatoms. The molecule has 2 aromatic heterocycles. The second kappa shape index (κ2) is 6.77. The summed E-state index contributed by atoms with van der Waals surface area (Å²) in [6.45, 7) is 7.35. The highest BCUT2D eigenvalue weighted by Gasteiger charge is 2.24. The van der Waals surface area contributed by atoms with E-state index in [1.54, 1.807) is 0 Å². The van der Waals surface area contributed by atoms with Crippen LogP contribution in [0.2, 0.25) is 5.15 Å². The van der Waals surface area contributed by atoms with E-state index in [2.05, 4.69) is 16.5 Å². The number of imidazole rings is 1. The lowest BCUT2D eigenvalue weighted by atomic mass is 10.1. The van der Waals surface area contributed by atoms with Crippen LogP contribution in [0.5, 0.6) is 0 Å². The van der Waals surface area contributed by atoms with Gasteiger partial charge in [-0.25, -0.2) is 9.97 Å². The van der Waals surface area contributed by atoms with Crippen LogP contribution in [0.3, 0.4) is 0 Å². The molecule has 0 bridgehead atoms. The molecule has 0 N–H and O–H groups in total. The Morgan fingerprint density at radius 2 is 2.00 bits per heavy atom. The van der Waals surface area contributed by atoms with Crippen molar-refractivity contribution in [2.24, 2.45) is 0 Å². The molecule has 22 heavy (non-hydrogen) atoms. The molecule has 0 unspecified atom stereocenters. The predicted octanol–water partition coefficient (Wildman–Crippen LogP) is 4.31. The maximum atomic E-state index is 6.36. The lowest BCUT2D eigenvalue weighted by Crippen LogP contribution is -2.18. The van der Waals surface area contributed by atoms with Crippen LogP contribution in [0.1, 0.15) is 42.9 Å². The van der Waals surface area contributed by atoms with Crippen molar-refractivity contribution in [2.45, 2.75) is 46.3 Å². The van der Waals surface area contributed by atoms with E-state index < -0.39 is 0 Å². The molecule has 0 saturated carbocycles. The number of thioether (sulfide) groups is 1. The Labute approximate surface area is 140 Å². The Balaban J connectivity index is 2.19. The lowest BCUT2D eigenvalue weighted by molar-refractivity contribution is 0.124. The quantitative estimate of drug-likeness (QED) is 0.778. The van der Waals surface area contributed by atoms with Crippen LogP contribution in [-0.2, 0) is 11.3 Å². The predicted molar refractivity (Wildman–Crippen MR) is 92.9 cm³/mol. The molecular weight excluding hydrogens is 318 g/mol. The molecule has 2 aromatic rings. The maximum Gasteiger partial charge on any atom is 0.157 e. The van der Waals surface area contributed by atoms with E-state index in [0.717, 1.165) is 22.6 Å². The van der Waals surface area contributed by atoms with E-state index >= 15 is 0 Å². The van der Waals surface area contributed by atoms with Gasteiger partial charge in [0.25, 0.3) is 0 Å². The molecule has 0 aliphatic carbocycles. The highest BCUT2D eigenvalue weighted by Crippen LogP contribution is 2.35. The molecule has 4 nitrogen and oxygen atoms in total. The smallest absolute Gasteiger partial charge is 0.157 e. The van der Waals surface area contributed by atoms with Gasteiger partial charge in [-0.05, 0) is 50.7 Å². The molecule has 0 spiro atoms. The molecule has 0 radical (unpaired) electrons. The molecule has 1 aliphatic heterocycles. The van der Waals surface area contributed by atoms with E-state index in [-0.39, 0.29) is 0 Å². The molecule has 1 saturated heterocycles. The Hall–Kier alpha value is -0.780. The highest BCUT2D eigenvalue weighted by molar-refractivity contribution is 7.99. The van der Waals surface area contributed by atoms with Crippen molar-refractivity contribution in [3.8, 4) is 0 Å². The van der Waals surface area contributed by atoms with Crippen molar-refractivity contribution >= 4 is 34.4 Å². The van der Waals surface area contributed by atoms with Crippen molar-refractivity contribution in [1.29, 1.82) is 0 Å². The number of hydrogen-bond acceptors (Lipinski definition) is 4. The van der Waals surface area contributed by atoms with Crippen LogP contribution >= 0.6 is 23.4 Å². The van der Waals surface area contributed by atoms with E-state index in [1.807, 2.05) is 25.6 Å². The van der Waals surface area contributed by atoms with Crippen LogP contribution in [-0.4, -0.2) is 32.6 Å². The van der Waals surface area contributed by atoms with Crippen molar-refractivity contribution < 1.29 is 4.74 Å². The molecule has 0 amide bonds. The second-order valence-electron chi connectivity index (χ2n) is 5.69. The number of fused-ring (bicyclic) bond motifs is 1. The van der Waals surface area contributed by atoms with Gasteiger partial charge in [0.15, 0.2) is 5.15 Å². The van der Waals surface area contributed by atoms with Crippen molar-refractivity contribution in [3.63, 3.8) is 0 Å². The van der Waals surface area contributed by atoms with Crippen molar-refractivity contribution in [3.05, 3.63) is 22.2 Å². The number of rotatable bonds is 4. The largest absolute Gasteiger partial charge is 0.374 e. The van der Waals surface area contributed by atoms with Gasteiger partial charge >= 0.3 is 0 Å². The van der Waals surface area contributed by atoms with Gasteiger partial charge in [-0.3, -0.25) is 0 Å². The van der Waals surface area contributed by atoms with Crippen LogP contribution in [0, 0.1) is 13.8 Å². The summed E-state index contributed by atoms with van der Waals surface area (Å²) >= 11 is 8.39. The molecule has 1 aliphatic rings. The highest BCUT2D eigenvalue weighted by atomic mass is 35.5. The molecule has 3 heterocycles. The molecule has 0 aromatic carbocycles. The Kier molecular flexibility index (Phi) is 4.95. The number of pyridine rings is 1. The van der Waals surface area contributed by atoms with Gasteiger partial charge in [-0.1, -0.05) is 11.6 Å². The first kappa shape index (κ1) is 16.1. The monoisotopic (exact) mass is 339 g/mol. The Bertz CT molecular complexity index is 680. The normalized spacial score (nSPS) is 16.5. The zero-order chi connectivity index (χ0) is 15.7. The molecule has 3 rings (SSSR count). The summed E-state index contributed by atoms with van der Waals surface area (Å²) in [5, 5.41) is 0.500. The average molecular weight is 340 g/mol. The third kappa shape index (κ3) is 2.86. The number of nitrogens with zero attached hydrogens (tertiary/aromatic N) is 3. The first-order chi connectivity index (χ1) is 10.6. The summed E-state index contributed by atoms with van der Waals surface area (Å²) in [4.78, 5) is 9.19. The summed E-state index contributed by atoms with van der Waals surface area (Å²) in [5.41, 5.74) is 4.11. The van der Waals surface area contributed by atoms with E-state index in [1.165, 1.54) is 29.9 Å². The lowest BCUT2D eigenvalue weighted by Gasteiger charge is -2.26. The fourth-order valence-corrected chi connectivity index (χ4v) is 4.41. The standard InChI is InChI=1S/C16H22ClN3OS/c1-4-21-9-13-19-14-15(10(2)11(3)18-16(14)17)20(13)12-5-7-22-8-6-12/h12H,4-9H2,1-3H3. The number of halogens is 1. The fourth-order valence-electron chi connectivity index (χ4n) is 3.07. The fraction of sp³-hybridized carbons (Fsp3) is 0.625. The van der Waals surface area contributed by atoms with Crippen LogP contribution in [0.15, 0.2) is 0 Å². The van der Waals surface area contributed by atoms with Gasteiger partial charge in [0, 0.05) is 18.3 Å². The van der Waals surface area contributed by atoms with E-state index in [4.69, 9.17) is 21.3 Å². The van der Waals surface area contributed by atoms with Crippen LogP contribution < -0.4 is 0 Å². The number of aromatic nitrogens is 3. The second-order valence-corrected chi connectivity index (χ2v) is 7.27. The molecule has 120 valence electrons. The first-order valence-electron chi connectivity index (χ1n) is 7.82. The SMILES string of the molecule is CCOCc1nc2c(Cl)nc(C)c(C)c2n1C1CCSCC1. The minimum atomic E-state index is 0.485. The summed E-state index contributed by atoms with van der Waals surface area (Å²) in [6, 6.07) is 0.485. The summed E-state index contributed by atoms with van der Waals surface area (Å²) in [7, 11) is 0. The summed E-state index contributed by atoms with van der Waals surface area (Å²) in [6.07, 6.45) is 2.35. The Morgan fingerprint density at radius 1 is 1.27 bits per heavy atom. The van der Waals surface area contributed by atoms with Crippen molar-refractivity contribution in [2.75, 3.05) is 18.1 Å². The third-order valence-electron chi connectivity index (χ3n) is 4.33. The van der Waals surface area contributed by atoms with E-state index in [0.29, 0.717) is 24.4 Å². The van der Waals surface area contributed by atoms with E-state index in [9.17, 15) is 0 Å². The number of aryl methyl sites for hydroxylation is 2. The van der Waals surface area contributed by atoms with Gasteiger partial charge in [0.1, 0.15) is 17.9 Å². The van der Waals surface area contributed by atoms with Gasteiger partial charge in [0.05, 0.1) is 5.52 Å². The molecule has 0 atom stereocenters. The van der Waals surface area contributed by atoms with Gasteiger partial charge in [-0.15, -0.1) is 0 Å². The number of ether oxygens (including phenoxy) is 1. The third-order valence-corrected chi connectivity index (χ3v) is 5.65. The number of hydrogen-bond donors (Lipinski definition) is 0. The Morgan fingerprint density at radius 3 is 2.68 bits per heavy atom. The minimum absolute atomic E-state index is 0.485.